The lowest BCUT2D eigenvalue weighted by molar-refractivity contribution is 0.396. The van der Waals surface area contributed by atoms with Crippen molar-refractivity contribution in [3.8, 4) is 0 Å². The van der Waals surface area contributed by atoms with Crippen molar-refractivity contribution < 1.29 is 12.8 Å². The summed E-state index contributed by atoms with van der Waals surface area (Å²) in [5.41, 5.74) is 0.750. The number of nitrogens with zero attached hydrogens (tertiary/aromatic N) is 1. The minimum absolute atomic E-state index is 0.0960. The Hall–Kier alpha value is -0.940. The van der Waals surface area contributed by atoms with Crippen molar-refractivity contribution in [2.45, 2.75) is 25.8 Å². The number of halogens is 1. The predicted octanol–water partition coefficient (Wildman–Crippen LogP) is 2.31. The molecule has 17 heavy (non-hydrogen) atoms. The van der Waals surface area contributed by atoms with Crippen LogP contribution in [0.25, 0.3) is 0 Å². The van der Waals surface area contributed by atoms with Gasteiger partial charge in [0.1, 0.15) is 5.82 Å². The second kappa shape index (κ2) is 4.74. The largest absolute Gasteiger partial charge is 0.214 e. The van der Waals surface area contributed by atoms with Crippen LogP contribution in [0.3, 0.4) is 0 Å². The number of hydrogen-bond acceptors (Lipinski definition) is 2. The van der Waals surface area contributed by atoms with E-state index in [0.717, 1.165) is 18.4 Å². The maximum Gasteiger partial charge on any atom is 0.214 e. The first-order valence-electron chi connectivity index (χ1n) is 5.79. The Balaban J connectivity index is 2.32. The van der Waals surface area contributed by atoms with Crippen molar-refractivity contribution in [3.63, 3.8) is 0 Å². The van der Waals surface area contributed by atoms with Gasteiger partial charge >= 0.3 is 0 Å². The molecule has 0 amide bonds. The molecule has 0 aliphatic carbocycles. The molecule has 0 aromatic heterocycles. The molecule has 1 fully saturated rings. The second-order valence-electron chi connectivity index (χ2n) is 4.22. The molecule has 0 spiro atoms. The molecule has 0 saturated carbocycles. The van der Waals surface area contributed by atoms with Crippen molar-refractivity contribution in [3.05, 3.63) is 35.6 Å². The van der Waals surface area contributed by atoms with Crippen LogP contribution in [-0.2, 0) is 10.0 Å². The topological polar surface area (TPSA) is 37.4 Å². The van der Waals surface area contributed by atoms with Gasteiger partial charge in [0.05, 0.1) is 5.75 Å². The van der Waals surface area contributed by atoms with Crippen molar-refractivity contribution in [1.29, 1.82) is 0 Å². The Morgan fingerprint density at radius 2 is 2.24 bits per heavy atom. The number of hydrogen-bond donors (Lipinski definition) is 0. The Kier molecular flexibility index (Phi) is 3.49. The zero-order chi connectivity index (χ0) is 12.5. The summed E-state index contributed by atoms with van der Waals surface area (Å²) in [4.78, 5) is 0. The standard InChI is InChI=1S/C12H16FNO2S/c1-2-17(15,16)14-8-4-7-12(14)10-5-3-6-11(13)9-10/h3,5-6,9,12H,2,4,7-8H2,1H3. The van der Waals surface area contributed by atoms with Gasteiger partial charge in [-0.05, 0) is 37.5 Å². The second-order valence-corrected chi connectivity index (χ2v) is 6.43. The van der Waals surface area contributed by atoms with Gasteiger partial charge in [0.2, 0.25) is 10.0 Å². The van der Waals surface area contributed by atoms with Gasteiger partial charge in [-0.2, -0.15) is 4.31 Å². The summed E-state index contributed by atoms with van der Waals surface area (Å²) in [6.07, 6.45) is 1.60. The highest BCUT2D eigenvalue weighted by Gasteiger charge is 2.33. The van der Waals surface area contributed by atoms with E-state index in [4.69, 9.17) is 0 Å². The van der Waals surface area contributed by atoms with Crippen molar-refractivity contribution >= 4 is 10.0 Å². The third-order valence-corrected chi connectivity index (χ3v) is 5.04. The first-order valence-corrected chi connectivity index (χ1v) is 7.40. The minimum atomic E-state index is -3.20. The monoisotopic (exact) mass is 257 g/mol. The molecule has 2 rings (SSSR count). The average Bonchev–Trinajstić information content (AvgIpc) is 2.78. The van der Waals surface area contributed by atoms with Crippen molar-refractivity contribution in [2.24, 2.45) is 0 Å². The van der Waals surface area contributed by atoms with Crippen LogP contribution < -0.4 is 0 Å². The highest BCUT2D eigenvalue weighted by atomic mass is 32.2. The van der Waals surface area contributed by atoms with E-state index in [2.05, 4.69) is 0 Å². The minimum Gasteiger partial charge on any atom is -0.212 e. The zero-order valence-electron chi connectivity index (χ0n) is 9.77. The van der Waals surface area contributed by atoms with Gasteiger partial charge in [0, 0.05) is 12.6 Å². The van der Waals surface area contributed by atoms with Gasteiger partial charge in [0.15, 0.2) is 0 Å². The first-order chi connectivity index (χ1) is 8.04. The van der Waals surface area contributed by atoms with Gasteiger partial charge in [-0.1, -0.05) is 12.1 Å². The van der Waals surface area contributed by atoms with Gasteiger partial charge in [0.25, 0.3) is 0 Å². The van der Waals surface area contributed by atoms with Gasteiger partial charge in [-0.25, -0.2) is 12.8 Å². The van der Waals surface area contributed by atoms with Crippen LogP contribution in [0.1, 0.15) is 31.4 Å². The lowest BCUT2D eigenvalue weighted by atomic mass is 10.1. The van der Waals surface area contributed by atoms with Crippen molar-refractivity contribution in [2.75, 3.05) is 12.3 Å². The van der Waals surface area contributed by atoms with Crippen LogP contribution in [0, 0.1) is 5.82 Å². The fourth-order valence-corrected chi connectivity index (χ4v) is 3.64. The van der Waals surface area contributed by atoms with Crippen LogP contribution in [0.2, 0.25) is 0 Å². The van der Waals surface area contributed by atoms with Crippen LogP contribution in [-0.4, -0.2) is 25.0 Å². The summed E-state index contributed by atoms with van der Waals surface area (Å²) in [6.45, 7) is 2.17. The van der Waals surface area contributed by atoms with E-state index in [1.54, 1.807) is 19.1 Å². The lowest BCUT2D eigenvalue weighted by Gasteiger charge is -2.23. The maximum atomic E-state index is 13.2. The third-order valence-electron chi connectivity index (χ3n) is 3.16. The normalized spacial score (nSPS) is 21.9. The van der Waals surface area contributed by atoms with Crippen LogP contribution in [0.15, 0.2) is 24.3 Å². The molecule has 1 aromatic carbocycles. The molecule has 1 unspecified atom stereocenters. The fraction of sp³-hybridized carbons (Fsp3) is 0.500. The average molecular weight is 257 g/mol. The highest BCUT2D eigenvalue weighted by molar-refractivity contribution is 7.89. The van der Waals surface area contributed by atoms with E-state index in [-0.39, 0.29) is 17.6 Å². The summed E-state index contributed by atoms with van der Waals surface area (Å²) in [7, 11) is -3.20. The molecule has 1 aromatic rings. The van der Waals surface area contributed by atoms with E-state index in [0.29, 0.717) is 6.54 Å². The quantitative estimate of drug-likeness (QED) is 0.833. The summed E-state index contributed by atoms with van der Waals surface area (Å²) < 4.78 is 38.5. The molecule has 1 aliphatic rings. The zero-order valence-corrected chi connectivity index (χ0v) is 10.6. The summed E-state index contributed by atoms with van der Waals surface area (Å²) in [6, 6.07) is 6.01. The molecule has 0 N–H and O–H groups in total. The molecular weight excluding hydrogens is 241 g/mol. The maximum absolute atomic E-state index is 13.2. The van der Waals surface area contributed by atoms with E-state index >= 15 is 0 Å². The first kappa shape index (κ1) is 12.5. The van der Waals surface area contributed by atoms with Gasteiger partial charge < -0.3 is 0 Å². The summed E-state index contributed by atoms with van der Waals surface area (Å²) >= 11 is 0. The predicted molar refractivity (Wildman–Crippen MR) is 64.5 cm³/mol. The molecule has 1 saturated heterocycles. The Morgan fingerprint density at radius 1 is 1.47 bits per heavy atom. The van der Waals surface area contributed by atoms with Crippen molar-refractivity contribution in [1.82, 2.24) is 4.31 Å². The third kappa shape index (κ3) is 2.50. The van der Waals surface area contributed by atoms with Crippen LogP contribution in [0.5, 0.6) is 0 Å². The fourth-order valence-electron chi connectivity index (χ4n) is 2.29. The number of sulfonamides is 1. The van der Waals surface area contributed by atoms with Crippen LogP contribution in [0.4, 0.5) is 4.39 Å². The Morgan fingerprint density at radius 3 is 2.88 bits per heavy atom. The van der Waals surface area contributed by atoms with E-state index in [1.165, 1.54) is 16.4 Å². The lowest BCUT2D eigenvalue weighted by Crippen LogP contribution is -2.31. The van der Waals surface area contributed by atoms with Gasteiger partial charge in [-0.3, -0.25) is 0 Å². The molecule has 0 radical (unpaired) electrons. The van der Waals surface area contributed by atoms with E-state index in [1.807, 2.05) is 0 Å². The Bertz CT molecular complexity index is 501. The summed E-state index contributed by atoms with van der Waals surface area (Å²) in [5.74, 6) is -0.220. The SMILES string of the molecule is CCS(=O)(=O)N1CCCC1c1cccc(F)c1. The Labute approximate surface area is 101 Å². The summed E-state index contributed by atoms with van der Waals surface area (Å²) in [5, 5.41) is 0. The molecule has 1 atom stereocenters. The number of rotatable bonds is 3. The van der Waals surface area contributed by atoms with E-state index < -0.39 is 10.0 Å². The molecule has 0 bridgehead atoms. The molecule has 3 nitrogen and oxygen atoms in total. The molecule has 5 heteroatoms. The van der Waals surface area contributed by atoms with Crippen LogP contribution >= 0.6 is 0 Å². The molecule has 1 aliphatic heterocycles. The molecular formula is C12H16FNO2S. The smallest absolute Gasteiger partial charge is 0.212 e. The van der Waals surface area contributed by atoms with E-state index in [9.17, 15) is 12.8 Å². The highest BCUT2D eigenvalue weighted by Crippen LogP contribution is 2.34. The molecule has 1 heterocycles. The number of benzene rings is 1. The molecule has 94 valence electrons. The van der Waals surface area contributed by atoms with Gasteiger partial charge in [-0.15, -0.1) is 0 Å².